The van der Waals surface area contributed by atoms with Crippen LogP contribution in [0.1, 0.15) is 18.4 Å². The third-order valence-electron chi connectivity index (χ3n) is 4.64. The molecule has 6 nitrogen and oxygen atoms in total. The van der Waals surface area contributed by atoms with E-state index in [1.54, 1.807) is 50.6 Å². The van der Waals surface area contributed by atoms with Crippen LogP contribution in [0.25, 0.3) is 0 Å². The molecule has 142 valence electrons. The summed E-state index contributed by atoms with van der Waals surface area (Å²) < 4.78 is 10.5. The summed E-state index contributed by atoms with van der Waals surface area (Å²) in [7, 11) is 3.12. The average molecular weight is 389 g/mol. The third kappa shape index (κ3) is 4.01. The van der Waals surface area contributed by atoms with Gasteiger partial charge in [-0.3, -0.25) is 9.59 Å². The van der Waals surface area contributed by atoms with E-state index >= 15 is 0 Å². The zero-order chi connectivity index (χ0) is 19.4. The summed E-state index contributed by atoms with van der Waals surface area (Å²) in [5.74, 6) is 0.578. The smallest absolute Gasteiger partial charge is 0.240 e. The predicted octanol–water partition coefficient (Wildman–Crippen LogP) is 3.39. The van der Waals surface area contributed by atoms with Crippen molar-refractivity contribution >= 4 is 29.1 Å². The van der Waals surface area contributed by atoms with Crippen LogP contribution in [0.2, 0.25) is 5.02 Å². The maximum absolute atomic E-state index is 12.6. The molecule has 0 radical (unpaired) electrons. The lowest BCUT2D eigenvalue weighted by molar-refractivity contribution is -0.134. The molecule has 0 aromatic heterocycles. The first-order valence-electron chi connectivity index (χ1n) is 8.55. The van der Waals surface area contributed by atoms with Crippen molar-refractivity contribution in [2.45, 2.75) is 19.4 Å². The van der Waals surface area contributed by atoms with Gasteiger partial charge in [-0.05, 0) is 42.7 Å². The van der Waals surface area contributed by atoms with E-state index in [1.165, 1.54) is 0 Å². The van der Waals surface area contributed by atoms with E-state index in [2.05, 4.69) is 10.6 Å². The zero-order valence-corrected chi connectivity index (χ0v) is 15.9. The number of hydrogen-bond donors (Lipinski definition) is 2. The molecule has 0 aliphatic heterocycles. The van der Waals surface area contributed by atoms with Crippen molar-refractivity contribution in [1.82, 2.24) is 5.32 Å². The number of carbonyl (C=O) groups is 2. The molecule has 0 unspecified atom stereocenters. The van der Waals surface area contributed by atoms with Gasteiger partial charge in [0.2, 0.25) is 11.8 Å². The molecule has 0 saturated heterocycles. The molecule has 2 amide bonds. The second-order valence-corrected chi connectivity index (χ2v) is 6.80. The highest BCUT2D eigenvalue weighted by Crippen LogP contribution is 2.47. The summed E-state index contributed by atoms with van der Waals surface area (Å²) in [6, 6.07) is 12.4. The van der Waals surface area contributed by atoms with Gasteiger partial charge >= 0.3 is 0 Å². The van der Waals surface area contributed by atoms with Crippen molar-refractivity contribution in [1.29, 1.82) is 0 Å². The Labute approximate surface area is 162 Å². The fourth-order valence-electron chi connectivity index (χ4n) is 2.83. The summed E-state index contributed by atoms with van der Waals surface area (Å²) >= 11 is 6.08. The number of nitrogens with one attached hydrogen (secondary N) is 2. The molecule has 1 fully saturated rings. The number of amides is 2. The van der Waals surface area contributed by atoms with Gasteiger partial charge in [0.25, 0.3) is 0 Å². The van der Waals surface area contributed by atoms with Crippen LogP contribution >= 0.6 is 11.6 Å². The number of hydrogen-bond acceptors (Lipinski definition) is 4. The van der Waals surface area contributed by atoms with Crippen LogP contribution in [0.15, 0.2) is 42.5 Å². The lowest BCUT2D eigenvalue weighted by atomic mass is 10.0. The number of carbonyl (C=O) groups excluding carboxylic acids is 2. The zero-order valence-electron chi connectivity index (χ0n) is 15.2. The molecule has 0 atom stereocenters. The highest BCUT2D eigenvalue weighted by molar-refractivity contribution is 6.34. The van der Waals surface area contributed by atoms with Crippen LogP contribution in [-0.4, -0.2) is 26.0 Å². The maximum Gasteiger partial charge on any atom is 0.240 e. The molecule has 0 bridgehead atoms. The van der Waals surface area contributed by atoms with Crippen molar-refractivity contribution in [3.8, 4) is 11.5 Å². The highest BCUT2D eigenvalue weighted by atomic mass is 35.5. The van der Waals surface area contributed by atoms with E-state index in [9.17, 15) is 9.59 Å². The van der Waals surface area contributed by atoms with Crippen molar-refractivity contribution in [2.24, 2.45) is 5.41 Å². The van der Waals surface area contributed by atoms with Crippen LogP contribution < -0.4 is 20.1 Å². The summed E-state index contributed by atoms with van der Waals surface area (Å²) in [6.07, 6.45) is 1.03. The fraction of sp³-hybridized carbons (Fsp3) is 0.300. The molecule has 1 aliphatic rings. The molecule has 7 heteroatoms. The topological polar surface area (TPSA) is 76.7 Å². The standard InChI is InChI=1S/C20H21ClN2O4/c1-26-16-8-7-13(11-17(16)27-2)12-22-18(24)20(9-10-20)19(25)23-15-6-4-3-5-14(15)21/h3-8,11H,9-10,12H2,1-2H3,(H,22,24)(H,23,25). The van der Waals surface area contributed by atoms with Gasteiger partial charge in [0.05, 0.1) is 24.9 Å². The Morgan fingerprint density at radius 2 is 1.74 bits per heavy atom. The van der Waals surface area contributed by atoms with Crippen molar-refractivity contribution in [2.75, 3.05) is 19.5 Å². The second-order valence-electron chi connectivity index (χ2n) is 6.39. The van der Waals surface area contributed by atoms with E-state index in [0.717, 1.165) is 5.56 Å². The van der Waals surface area contributed by atoms with Crippen LogP contribution in [0.3, 0.4) is 0 Å². The lowest BCUT2D eigenvalue weighted by Crippen LogP contribution is -2.39. The van der Waals surface area contributed by atoms with Crippen LogP contribution in [0.5, 0.6) is 11.5 Å². The Bertz CT molecular complexity index is 865. The third-order valence-corrected chi connectivity index (χ3v) is 4.97. The average Bonchev–Trinajstić information content (AvgIpc) is 3.49. The Morgan fingerprint density at radius 3 is 2.37 bits per heavy atom. The molecule has 2 aromatic rings. The Kier molecular flexibility index (Phi) is 5.56. The van der Waals surface area contributed by atoms with Gasteiger partial charge in [-0.2, -0.15) is 0 Å². The minimum atomic E-state index is -1.03. The summed E-state index contributed by atoms with van der Waals surface area (Å²) in [6.45, 7) is 0.292. The first-order valence-corrected chi connectivity index (χ1v) is 8.93. The number of ether oxygens (including phenoxy) is 2. The first kappa shape index (κ1) is 19.0. The molecule has 1 saturated carbocycles. The monoisotopic (exact) mass is 388 g/mol. The van der Waals surface area contributed by atoms with Crippen LogP contribution in [0, 0.1) is 5.41 Å². The molecule has 0 spiro atoms. The highest BCUT2D eigenvalue weighted by Gasteiger charge is 2.56. The van der Waals surface area contributed by atoms with Gasteiger partial charge in [-0.1, -0.05) is 29.8 Å². The maximum atomic E-state index is 12.6. The molecule has 3 rings (SSSR count). The first-order chi connectivity index (χ1) is 13.0. The summed E-state index contributed by atoms with van der Waals surface area (Å²) in [5.41, 5.74) is 0.321. The number of methoxy groups -OCH3 is 2. The summed E-state index contributed by atoms with van der Waals surface area (Å²) in [5, 5.41) is 6.04. The number of benzene rings is 2. The van der Waals surface area contributed by atoms with Gasteiger partial charge in [-0.25, -0.2) is 0 Å². The molecule has 2 N–H and O–H groups in total. The number of halogens is 1. The minimum Gasteiger partial charge on any atom is -0.493 e. The van der Waals surface area contributed by atoms with Gasteiger partial charge in [0.15, 0.2) is 11.5 Å². The van der Waals surface area contributed by atoms with E-state index in [4.69, 9.17) is 21.1 Å². The molecular formula is C20H21ClN2O4. The fourth-order valence-corrected chi connectivity index (χ4v) is 3.01. The van der Waals surface area contributed by atoms with Crippen molar-refractivity contribution < 1.29 is 19.1 Å². The lowest BCUT2D eigenvalue weighted by Gasteiger charge is -2.16. The quantitative estimate of drug-likeness (QED) is 0.713. The van der Waals surface area contributed by atoms with Crippen molar-refractivity contribution in [3.63, 3.8) is 0 Å². The SMILES string of the molecule is COc1ccc(CNC(=O)C2(C(=O)Nc3ccccc3Cl)CC2)cc1OC. The molecule has 1 aliphatic carbocycles. The second kappa shape index (κ2) is 7.88. The largest absolute Gasteiger partial charge is 0.493 e. The van der Waals surface area contributed by atoms with Crippen LogP contribution in [-0.2, 0) is 16.1 Å². The van der Waals surface area contributed by atoms with E-state index < -0.39 is 5.41 Å². The number of anilines is 1. The molecule has 0 heterocycles. The molecule has 27 heavy (non-hydrogen) atoms. The Morgan fingerprint density at radius 1 is 1.04 bits per heavy atom. The van der Waals surface area contributed by atoms with Gasteiger partial charge in [0, 0.05) is 6.54 Å². The molecule has 2 aromatic carbocycles. The number of para-hydroxylation sites is 1. The molecular weight excluding hydrogens is 368 g/mol. The Hall–Kier alpha value is -2.73. The van der Waals surface area contributed by atoms with Gasteiger partial charge in [-0.15, -0.1) is 0 Å². The van der Waals surface area contributed by atoms with Gasteiger partial charge < -0.3 is 20.1 Å². The van der Waals surface area contributed by atoms with E-state index in [-0.39, 0.29) is 11.8 Å². The van der Waals surface area contributed by atoms with E-state index in [1.807, 2.05) is 6.07 Å². The summed E-state index contributed by atoms with van der Waals surface area (Å²) in [4.78, 5) is 25.3. The predicted molar refractivity (Wildman–Crippen MR) is 103 cm³/mol. The normalized spacial score (nSPS) is 14.2. The minimum absolute atomic E-state index is 0.290. The Balaban J connectivity index is 1.64. The van der Waals surface area contributed by atoms with Crippen molar-refractivity contribution in [3.05, 3.63) is 53.1 Å². The van der Waals surface area contributed by atoms with Gasteiger partial charge in [0.1, 0.15) is 5.41 Å². The van der Waals surface area contributed by atoms with Crippen LogP contribution in [0.4, 0.5) is 5.69 Å². The number of rotatable bonds is 7. The van der Waals surface area contributed by atoms with E-state index in [0.29, 0.717) is 41.6 Å².